The summed E-state index contributed by atoms with van der Waals surface area (Å²) in [6.45, 7) is 3.20. The largest absolute Gasteiger partial charge is 0.493 e. The normalized spacial score (nSPS) is 17.6. The molecule has 0 aliphatic carbocycles. The Morgan fingerprint density at radius 3 is 3.00 bits per heavy atom. The molecule has 0 saturated heterocycles. The molecule has 3 nitrogen and oxygen atoms in total. The first-order valence-electron chi connectivity index (χ1n) is 6.63. The Hall–Kier alpha value is -2.03. The number of Topliss-reactive ketones (excluding diaryl/α,β-unsaturated/α-hetero) is 1. The standard InChI is InChI=1S/C16H17NO2/c1-12(18)15-6-4-9-17(15)11-13-8-10-19-16-7-3-2-5-14(13)16/h2-7,9,13H,8,10-11H2,1H3. The fourth-order valence-electron chi connectivity index (χ4n) is 2.74. The van der Waals surface area contributed by atoms with Crippen molar-refractivity contribution in [3.63, 3.8) is 0 Å². The SMILES string of the molecule is CC(=O)c1cccn1CC1CCOc2ccccc21. The zero-order chi connectivity index (χ0) is 13.2. The van der Waals surface area contributed by atoms with Crippen molar-refractivity contribution in [1.29, 1.82) is 0 Å². The second-order valence-electron chi connectivity index (χ2n) is 4.97. The molecule has 0 fully saturated rings. The van der Waals surface area contributed by atoms with Crippen LogP contribution in [0.4, 0.5) is 0 Å². The van der Waals surface area contributed by atoms with Gasteiger partial charge in [0.1, 0.15) is 5.75 Å². The third-order valence-corrected chi connectivity index (χ3v) is 3.69. The molecular formula is C16H17NO2. The molecule has 98 valence electrons. The van der Waals surface area contributed by atoms with Gasteiger partial charge in [0.15, 0.2) is 5.78 Å². The van der Waals surface area contributed by atoms with E-state index < -0.39 is 0 Å². The highest BCUT2D eigenvalue weighted by Crippen LogP contribution is 2.34. The van der Waals surface area contributed by atoms with Gasteiger partial charge in [-0.25, -0.2) is 0 Å². The van der Waals surface area contributed by atoms with E-state index in [2.05, 4.69) is 10.6 Å². The molecule has 2 aromatic rings. The van der Waals surface area contributed by atoms with Crippen LogP contribution in [-0.4, -0.2) is 17.0 Å². The summed E-state index contributed by atoms with van der Waals surface area (Å²) in [5.74, 6) is 1.51. The van der Waals surface area contributed by atoms with Gasteiger partial charge in [0.05, 0.1) is 12.3 Å². The van der Waals surface area contributed by atoms with E-state index in [-0.39, 0.29) is 5.78 Å². The first-order valence-corrected chi connectivity index (χ1v) is 6.63. The quantitative estimate of drug-likeness (QED) is 0.788. The molecule has 1 unspecified atom stereocenters. The fraction of sp³-hybridized carbons (Fsp3) is 0.312. The summed E-state index contributed by atoms with van der Waals surface area (Å²) in [5, 5.41) is 0. The Labute approximate surface area is 112 Å². The maximum absolute atomic E-state index is 11.6. The average molecular weight is 255 g/mol. The van der Waals surface area contributed by atoms with E-state index in [0.717, 1.165) is 31.0 Å². The van der Waals surface area contributed by atoms with E-state index >= 15 is 0 Å². The van der Waals surface area contributed by atoms with Gasteiger partial charge in [-0.15, -0.1) is 0 Å². The Bertz CT molecular complexity index is 600. The maximum Gasteiger partial charge on any atom is 0.176 e. The van der Waals surface area contributed by atoms with Crippen molar-refractivity contribution in [2.45, 2.75) is 25.8 Å². The zero-order valence-corrected chi connectivity index (χ0v) is 11.0. The van der Waals surface area contributed by atoms with Crippen molar-refractivity contribution in [1.82, 2.24) is 4.57 Å². The number of para-hydroxylation sites is 1. The second kappa shape index (κ2) is 4.92. The van der Waals surface area contributed by atoms with Crippen LogP contribution in [0, 0.1) is 0 Å². The third-order valence-electron chi connectivity index (χ3n) is 3.69. The van der Waals surface area contributed by atoms with E-state index in [4.69, 9.17) is 4.74 Å². The van der Waals surface area contributed by atoms with Crippen LogP contribution in [0.5, 0.6) is 5.75 Å². The first kappa shape index (κ1) is 12.0. The molecule has 3 rings (SSSR count). The van der Waals surface area contributed by atoms with Crippen molar-refractivity contribution >= 4 is 5.78 Å². The molecule has 0 amide bonds. The molecule has 2 heterocycles. The molecule has 1 aliphatic rings. The minimum atomic E-state index is 0.116. The molecular weight excluding hydrogens is 238 g/mol. The van der Waals surface area contributed by atoms with Crippen molar-refractivity contribution in [2.24, 2.45) is 0 Å². The van der Waals surface area contributed by atoms with Gasteiger partial charge in [-0.3, -0.25) is 4.79 Å². The minimum absolute atomic E-state index is 0.116. The lowest BCUT2D eigenvalue weighted by atomic mass is 9.93. The van der Waals surface area contributed by atoms with E-state index in [0.29, 0.717) is 5.92 Å². The molecule has 0 radical (unpaired) electrons. The number of carbonyl (C=O) groups excluding carboxylic acids is 1. The van der Waals surface area contributed by atoms with Gasteiger partial charge >= 0.3 is 0 Å². The van der Waals surface area contributed by atoms with Gasteiger partial charge in [0, 0.05) is 25.6 Å². The summed E-state index contributed by atoms with van der Waals surface area (Å²) >= 11 is 0. The van der Waals surface area contributed by atoms with Crippen molar-refractivity contribution in [2.75, 3.05) is 6.61 Å². The number of fused-ring (bicyclic) bond motifs is 1. The number of rotatable bonds is 3. The van der Waals surface area contributed by atoms with Crippen LogP contribution in [0.3, 0.4) is 0 Å². The predicted octanol–water partition coefficient (Wildman–Crippen LogP) is 3.26. The Balaban J connectivity index is 1.89. The summed E-state index contributed by atoms with van der Waals surface area (Å²) in [6.07, 6.45) is 2.97. The van der Waals surface area contributed by atoms with Gasteiger partial charge < -0.3 is 9.30 Å². The monoisotopic (exact) mass is 255 g/mol. The number of hydrogen-bond acceptors (Lipinski definition) is 2. The van der Waals surface area contributed by atoms with Gasteiger partial charge in [-0.1, -0.05) is 18.2 Å². The smallest absolute Gasteiger partial charge is 0.176 e. The van der Waals surface area contributed by atoms with Crippen LogP contribution in [0.1, 0.15) is 35.3 Å². The van der Waals surface area contributed by atoms with E-state index in [1.54, 1.807) is 6.92 Å². The van der Waals surface area contributed by atoms with Gasteiger partial charge in [0.2, 0.25) is 0 Å². The maximum atomic E-state index is 11.6. The number of ketones is 1. The summed E-state index contributed by atoms with van der Waals surface area (Å²) < 4.78 is 7.73. The molecule has 1 aromatic carbocycles. The van der Waals surface area contributed by atoms with E-state index in [9.17, 15) is 4.79 Å². The molecule has 0 N–H and O–H groups in total. The molecule has 1 atom stereocenters. The lowest BCUT2D eigenvalue weighted by Crippen LogP contribution is -2.19. The van der Waals surface area contributed by atoms with Crippen LogP contribution >= 0.6 is 0 Å². The minimum Gasteiger partial charge on any atom is -0.493 e. The molecule has 1 aliphatic heterocycles. The zero-order valence-electron chi connectivity index (χ0n) is 11.0. The van der Waals surface area contributed by atoms with Crippen LogP contribution in [-0.2, 0) is 6.54 Å². The number of hydrogen-bond donors (Lipinski definition) is 0. The lowest BCUT2D eigenvalue weighted by molar-refractivity contribution is 0.100. The summed E-state index contributed by atoms with van der Waals surface area (Å²) in [4.78, 5) is 11.6. The van der Waals surface area contributed by atoms with Gasteiger partial charge in [-0.05, 0) is 30.2 Å². The fourth-order valence-corrected chi connectivity index (χ4v) is 2.74. The topological polar surface area (TPSA) is 31.2 Å². The van der Waals surface area contributed by atoms with Crippen LogP contribution < -0.4 is 4.74 Å². The van der Waals surface area contributed by atoms with Crippen LogP contribution in [0.2, 0.25) is 0 Å². The van der Waals surface area contributed by atoms with E-state index in [1.165, 1.54) is 5.56 Å². The van der Waals surface area contributed by atoms with Crippen molar-refractivity contribution in [3.05, 3.63) is 53.9 Å². The Morgan fingerprint density at radius 2 is 2.16 bits per heavy atom. The highest BCUT2D eigenvalue weighted by atomic mass is 16.5. The molecule has 0 bridgehead atoms. The van der Waals surface area contributed by atoms with Crippen LogP contribution in [0.25, 0.3) is 0 Å². The van der Waals surface area contributed by atoms with Crippen molar-refractivity contribution in [3.8, 4) is 5.75 Å². The third kappa shape index (κ3) is 2.28. The lowest BCUT2D eigenvalue weighted by Gasteiger charge is -2.26. The molecule has 1 aromatic heterocycles. The second-order valence-corrected chi connectivity index (χ2v) is 4.97. The highest BCUT2D eigenvalue weighted by Gasteiger charge is 2.22. The highest BCUT2D eigenvalue weighted by molar-refractivity contribution is 5.92. The van der Waals surface area contributed by atoms with Gasteiger partial charge in [0.25, 0.3) is 0 Å². The summed E-state index contributed by atoms with van der Waals surface area (Å²) in [7, 11) is 0. The van der Waals surface area contributed by atoms with Crippen LogP contribution in [0.15, 0.2) is 42.6 Å². The molecule has 3 heteroatoms. The van der Waals surface area contributed by atoms with E-state index in [1.807, 2.05) is 36.5 Å². The number of nitrogens with zero attached hydrogens (tertiary/aromatic N) is 1. The summed E-state index contributed by atoms with van der Waals surface area (Å²) in [6, 6.07) is 12.0. The van der Waals surface area contributed by atoms with Gasteiger partial charge in [-0.2, -0.15) is 0 Å². The first-order chi connectivity index (χ1) is 9.25. The predicted molar refractivity (Wildman–Crippen MR) is 73.7 cm³/mol. The average Bonchev–Trinajstić information content (AvgIpc) is 2.87. The number of ether oxygens (including phenoxy) is 1. The molecule has 0 spiro atoms. The molecule has 0 saturated carbocycles. The van der Waals surface area contributed by atoms with Crippen molar-refractivity contribution < 1.29 is 9.53 Å². The molecule has 19 heavy (non-hydrogen) atoms. The summed E-state index contributed by atoms with van der Waals surface area (Å²) in [5.41, 5.74) is 2.03. The number of carbonyl (C=O) groups is 1. The number of benzene rings is 1. The number of aromatic nitrogens is 1. The Kier molecular flexibility index (Phi) is 3.11. The Morgan fingerprint density at radius 1 is 1.32 bits per heavy atom.